The van der Waals surface area contributed by atoms with E-state index in [2.05, 4.69) is 15.2 Å². The first-order valence-corrected chi connectivity index (χ1v) is 10.3. The summed E-state index contributed by atoms with van der Waals surface area (Å²) in [5, 5.41) is 12.5. The molecular formula is C20H31Cl3N4O2. The Labute approximate surface area is 190 Å². The van der Waals surface area contributed by atoms with Crippen LogP contribution in [0.25, 0.3) is 6.08 Å². The van der Waals surface area contributed by atoms with Crippen molar-refractivity contribution in [1.82, 2.24) is 15.4 Å². The third-order valence-electron chi connectivity index (χ3n) is 5.49. The van der Waals surface area contributed by atoms with Gasteiger partial charge in [-0.1, -0.05) is 30.9 Å². The minimum absolute atomic E-state index is 0. The second-order valence-electron chi connectivity index (χ2n) is 7.66. The molecule has 9 heteroatoms. The number of hydroxylamine groups is 1. The van der Waals surface area contributed by atoms with Gasteiger partial charge in [-0.15, -0.1) is 24.8 Å². The highest BCUT2D eigenvalue weighted by molar-refractivity contribution is 6.33. The molecule has 2 aliphatic rings. The number of halogens is 3. The van der Waals surface area contributed by atoms with E-state index in [9.17, 15) is 4.79 Å². The second kappa shape index (κ2) is 13.3. The molecule has 1 aliphatic carbocycles. The second-order valence-corrected chi connectivity index (χ2v) is 8.06. The molecule has 1 aromatic heterocycles. The van der Waals surface area contributed by atoms with E-state index in [4.69, 9.17) is 16.8 Å². The molecule has 29 heavy (non-hydrogen) atoms. The number of nitrogens with one attached hydrogen (secondary N) is 2. The minimum Gasteiger partial charge on any atom is -0.365 e. The standard InChI is InChI=1S/C20H29ClN4O2.2ClH/c21-18-11-16(8-9-19(26)24-27)12-22-20(18)23-17-7-4-10-25(14-17)13-15-5-2-1-3-6-15;;/h8-9,11-12,15,17,27H,1-7,10,13-14H2,(H,22,23)(H,24,26);2*1H/t17-;;/m1../s1. The summed E-state index contributed by atoms with van der Waals surface area (Å²) in [6, 6.07) is 2.12. The fourth-order valence-corrected chi connectivity index (χ4v) is 4.36. The number of piperidine rings is 1. The maximum Gasteiger partial charge on any atom is 0.267 e. The Bertz CT molecular complexity index is 669. The van der Waals surface area contributed by atoms with E-state index >= 15 is 0 Å². The van der Waals surface area contributed by atoms with Crippen LogP contribution >= 0.6 is 36.4 Å². The Balaban J connectivity index is 0.00000210. The highest BCUT2D eigenvalue weighted by atomic mass is 35.5. The summed E-state index contributed by atoms with van der Waals surface area (Å²) in [6.45, 7) is 3.44. The number of amides is 1. The van der Waals surface area contributed by atoms with Crippen LogP contribution in [0.4, 0.5) is 5.82 Å². The van der Waals surface area contributed by atoms with E-state index < -0.39 is 5.91 Å². The van der Waals surface area contributed by atoms with Crippen molar-refractivity contribution in [3.8, 4) is 0 Å². The Hall–Kier alpha value is -1.05. The maximum atomic E-state index is 11.1. The molecule has 0 spiro atoms. The lowest BCUT2D eigenvalue weighted by Gasteiger charge is -2.36. The molecule has 0 unspecified atom stereocenters. The van der Waals surface area contributed by atoms with E-state index in [-0.39, 0.29) is 24.8 Å². The van der Waals surface area contributed by atoms with E-state index in [1.807, 2.05) is 0 Å². The van der Waals surface area contributed by atoms with E-state index in [1.165, 1.54) is 57.7 Å². The fraction of sp³-hybridized carbons (Fsp3) is 0.600. The number of carbonyl (C=O) groups is 1. The van der Waals surface area contributed by atoms with Crippen LogP contribution in [-0.4, -0.2) is 46.7 Å². The smallest absolute Gasteiger partial charge is 0.267 e. The molecule has 6 nitrogen and oxygen atoms in total. The lowest BCUT2D eigenvalue weighted by atomic mass is 9.88. The monoisotopic (exact) mass is 464 g/mol. The van der Waals surface area contributed by atoms with Gasteiger partial charge in [0.15, 0.2) is 0 Å². The fourth-order valence-electron chi connectivity index (χ4n) is 4.13. The third-order valence-corrected chi connectivity index (χ3v) is 5.78. The van der Waals surface area contributed by atoms with Gasteiger partial charge in [0, 0.05) is 31.4 Å². The van der Waals surface area contributed by atoms with Crippen LogP contribution in [0.3, 0.4) is 0 Å². The van der Waals surface area contributed by atoms with E-state index in [0.717, 1.165) is 18.9 Å². The minimum atomic E-state index is -0.589. The van der Waals surface area contributed by atoms with Crippen molar-refractivity contribution in [2.24, 2.45) is 5.92 Å². The number of nitrogens with zero attached hydrogens (tertiary/aromatic N) is 2. The predicted molar refractivity (Wildman–Crippen MR) is 122 cm³/mol. The normalized spacial score (nSPS) is 20.6. The van der Waals surface area contributed by atoms with Crippen LogP contribution < -0.4 is 10.8 Å². The molecule has 1 saturated heterocycles. The van der Waals surface area contributed by atoms with Crippen molar-refractivity contribution in [2.45, 2.75) is 51.0 Å². The number of anilines is 1. The van der Waals surface area contributed by atoms with Gasteiger partial charge in [0.25, 0.3) is 5.91 Å². The molecule has 0 bridgehead atoms. The number of rotatable bonds is 6. The first-order chi connectivity index (χ1) is 13.1. The topological polar surface area (TPSA) is 77.5 Å². The zero-order chi connectivity index (χ0) is 19.1. The number of likely N-dealkylation sites (tertiary alicyclic amines) is 1. The molecule has 1 amide bonds. The SMILES string of the molecule is Cl.Cl.O=C(C=Cc1cnc(N[C@@H]2CCCN(CC3CCCCC3)C2)c(Cl)c1)NO. The number of pyridine rings is 1. The van der Waals surface area contributed by atoms with E-state index in [0.29, 0.717) is 22.4 Å². The van der Waals surface area contributed by atoms with Gasteiger partial charge in [-0.3, -0.25) is 10.0 Å². The third kappa shape index (κ3) is 8.30. The average molecular weight is 466 g/mol. The van der Waals surface area contributed by atoms with Crippen molar-refractivity contribution >= 4 is 54.2 Å². The van der Waals surface area contributed by atoms with E-state index in [1.54, 1.807) is 23.8 Å². The summed E-state index contributed by atoms with van der Waals surface area (Å²) in [7, 11) is 0. The molecule has 0 radical (unpaired) electrons. The Morgan fingerprint density at radius 1 is 1.24 bits per heavy atom. The van der Waals surface area contributed by atoms with Gasteiger partial charge in [0.2, 0.25) is 0 Å². The van der Waals surface area contributed by atoms with Crippen molar-refractivity contribution in [3.05, 3.63) is 28.9 Å². The zero-order valence-electron chi connectivity index (χ0n) is 16.5. The number of hydrogen-bond donors (Lipinski definition) is 3. The number of aromatic nitrogens is 1. The van der Waals surface area contributed by atoms with Gasteiger partial charge in [-0.05, 0) is 55.9 Å². The lowest BCUT2D eigenvalue weighted by molar-refractivity contribution is -0.124. The predicted octanol–water partition coefficient (Wildman–Crippen LogP) is 4.55. The van der Waals surface area contributed by atoms with Crippen LogP contribution in [0.2, 0.25) is 5.02 Å². The molecule has 3 N–H and O–H groups in total. The summed E-state index contributed by atoms with van der Waals surface area (Å²) in [5.74, 6) is 0.958. The van der Waals surface area contributed by atoms with Gasteiger partial charge in [0.1, 0.15) is 5.82 Å². The van der Waals surface area contributed by atoms with Crippen LogP contribution in [0, 0.1) is 5.92 Å². The van der Waals surface area contributed by atoms with Crippen LogP contribution in [-0.2, 0) is 4.79 Å². The van der Waals surface area contributed by atoms with Crippen molar-refractivity contribution in [1.29, 1.82) is 0 Å². The maximum absolute atomic E-state index is 11.1. The summed E-state index contributed by atoms with van der Waals surface area (Å²) in [6.07, 6.45) is 13.7. The van der Waals surface area contributed by atoms with Crippen LogP contribution in [0.5, 0.6) is 0 Å². The largest absolute Gasteiger partial charge is 0.365 e. The first-order valence-electron chi connectivity index (χ1n) is 9.90. The first kappa shape index (κ1) is 26.0. The van der Waals surface area contributed by atoms with Gasteiger partial charge in [-0.25, -0.2) is 10.5 Å². The lowest BCUT2D eigenvalue weighted by Crippen LogP contribution is -2.44. The van der Waals surface area contributed by atoms with Crippen LogP contribution in [0.15, 0.2) is 18.3 Å². The molecule has 1 aromatic rings. The molecule has 2 fully saturated rings. The Morgan fingerprint density at radius 2 is 2.00 bits per heavy atom. The van der Waals surface area contributed by atoms with Crippen molar-refractivity contribution in [3.63, 3.8) is 0 Å². The molecular weight excluding hydrogens is 435 g/mol. The van der Waals surface area contributed by atoms with Crippen LogP contribution in [0.1, 0.15) is 50.5 Å². The summed E-state index contributed by atoms with van der Waals surface area (Å²) in [4.78, 5) is 18.1. The molecule has 0 aromatic carbocycles. The van der Waals surface area contributed by atoms with Gasteiger partial charge in [-0.2, -0.15) is 0 Å². The molecule has 1 saturated carbocycles. The quantitative estimate of drug-likeness (QED) is 0.326. The average Bonchev–Trinajstić information content (AvgIpc) is 2.69. The summed E-state index contributed by atoms with van der Waals surface area (Å²) in [5.41, 5.74) is 2.26. The highest BCUT2D eigenvalue weighted by Gasteiger charge is 2.24. The number of carbonyl (C=O) groups excluding carboxylic acids is 1. The van der Waals surface area contributed by atoms with Crippen molar-refractivity contribution < 1.29 is 10.0 Å². The molecule has 1 aliphatic heterocycles. The number of hydrogen-bond acceptors (Lipinski definition) is 5. The van der Waals surface area contributed by atoms with Crippen molar-refractivity contribution in [2.75, 3.05) is 25.0 Å². The Morgan fingerprint density at radius 3 is 2.69 bits per heavy atom. The zero-order valence-corrected chi connectivity index (χ0v) is 18.9. The molecule has 164 valence electrons. The molecule has 2 heterocycles. The van der Waals surface area contributed by atoms with Gasteiger partial charge in [0.05, 0.1) is 5.02 Å². The van der Waals surface area contributed by atoms with Gasteiger partial charge < -0.3 is 10.2 Å². The Kier molecular flexibility index (Phi) is 11.9. The molecule has 3 rings (SSSR count). The summed E-state index contributed by atoms with van der Waals surface area (Å²) < 4.78 is 0. The van der Waals surface area contributed by atoms with Gasteiger partial charge >= 0.3 is 0 Å². The molecule has 1 atom stereocenters. The summed E-state index contributed by atoms with van der Waals surface area (Å²) >= 11 is 6.37. The highest BCUT2D eigenvalue weighted by Crippen LogP contribution is 2.27.